The lowest BCUT2D eigenvalue weighted by molar-refractivity contribution is -0.137. The Morgan fingerprint density at radius 3 is 2.65 bits per heavy atom. The number of thiazole rings is 1. The van der Waals surface area contributed by atoms with Crippen LogP contribution in [0.15, 0.2) is 22.9 Å². The molecule has 0 saturated carbocycles. The number of hydrogen-bond acceptors (Lipinski definition) is 4. The molecule has 0 aliphatic rings. The third-order valence-corrected chi connectivity index (χ3v) is 3.32. The van der Waals surface area contributed by atoms with Crippen LogP contribution in [-0.2, 0) is 6.18 Å². The monoisotopic (exact) mass is 263 g/mol. The van der Waals surface area contributed by atoms with Crippen molar-refractivity contribution in [2.75, 3.05) is 0 Å². The first-order chi connectivity index (χ1) is 7.89. The van der Waals surface area contributed by atoms with Gasteiger partial charge in [0.1, 0.15) is 11.9 Å². The minimum absolute atomic E-state index is 0.141. The van der Waals surface area contributed by atoms with Crippen molar-refractivity contribution in [1.82, 2.24) is 4.98 Å². The standard InChI is InChI=1S/C10H8F3NO2S/c1-5-6(2-3-16-5)8(15)7-4-14-9(17-7)10(11,12)13/h2-4,8,15H,1H3. The van der Waals surface area contributed by atoms with Crippen LogP contribution in [0.2, 0.25) is 0 Å². The van der Waals surface area contributed by atoms with Gasteiger partial charge in [-0.2, -0.15) is 13.2 Å². The van der Waals surface area contributed by atoms with Crippen LogP contribution in [0.4, 0.5) is 13.2 Å². The molecule has 2 aromatic heterocycles. The molecule has 0 amide bonds. The smallest absolute Gasteiger partial charge is 0.443 e. The quantitative estimate of drug-likeness (QED) is 0.905. The lowest BCUT2D eigenvalue weighted by atomic mass is 10.1. The Hall–Kier alpha value is -1.34. The fourth-order valence-corrected chi connectivity index (χ4v) is 2.16. The highest BCUT2D eigenvalue weighted by molar-refractivity contribution is 7.11. The maximum atomic E-state index is 12.3. The molecule has 0 aromatic carbocycles. The molecule has 2 rings (SSSR count). The molecular formula is C10H8F3NO2S. The Bertz CT molecular complexity index is 518. The predicted molar refractivity (Wildman–Crippen MR) is 54.6 cm³/mol. The van der Waals surface area contributed by atoms with Crippen molar-refractivity contribution in [1.29, 1.82) is 0 Å². The first-order valence-electron chi connectivity index (χ1n) is 4.64. The van der Waals surface area contributed by atoms with Gasteiger partial charge in [0.05, 0.1) is 11.1 Å². The highest BCUT2D eigenvalue weighted by Gasteiger charge is 2.35. The van der Waals surface area contributed by atoms with Crippen molar-refractivity contribution < 1.29 is 22.7 Å². The normalized spacial score (nSPS) is 13.9. The van der Waals surface area contributed by atoms with Crippen LogP contribution in [0.3, 0.4) is 0 Å². The summed E-state index contributed by atoms with van der Waals surface area (Å²) >= 11 is 0.427. The SMILES string of the molecule is Cc1occc1C(O)c1cnc(C(F)(F)F)s1. The van der Waals surface area contributed by atoms with Gasteiger partial charge in [-0.05, 0) is 13.0 Å². The molecule has 1 atom stereocenters. The number of furan rings is 1. The van der Waals surface area contributed by atoms with Crippen molar-refractivity contribution in [2.45, 2.75) is 19.2 Å². The topological polar surface area (TPSA) is 46.3 Å². The van der Waals surface area contributed by atoms with E-state index in [0.717, 1.165) is 6.20 Å². The summed E-state index contributed by atoms with van der Waals surface area (Å²) in [5.41, 5.74) is 0.447. The van der Waals surface area contributed by atoms with Crippen LogP contribution in [0.1, 0.15) is 27.3 Å². The van der Waals surface area contributed by atoms with Crippen LogP contribution >= 0.6 is 11.3 Å². The molecule has 0 radical (unpaired) electrons. The fraction of sp³-hybridized carbons (Fsp3) is 0.300. The highest BCUT2D eigenvalue weighted by atomic mass is 32.1. The number of rotatable bonds is 2. The number of aromatic nitrogens is 1. The zero-order valence-electron chi connectivity index (χ0n) is 8.65. The molecule has 0 fully saturated rings. The maximum Gasteiger partial charge on any atom is 0.443 e. The average molecular weight is 263 g/mol. The summed E-state index contributed by atoms with van der Waals surface area (Å²) in [6.07, 6.45) is -3.21. The zero-order chi connectivity index (χ0) is 12.6. The van der Waals surface area contributed by atoms with E-state index in [9.17, 15) is 18.3 Å². The molecule has 0 saturated heterocycles. The van der Waals surface area contributed by atoms with Crippen LogP contribution < -0.4 is 0 Å². The molecule has 0 bridgehead atoms. The second-order valence-corrected chi connectivity index (χ2v) is 4.46. The second-order valence-electron chi connectivity index (χ2n) is 3.40. The number of aryl methyl sites for hydroxylation is 1. The van der Waals surface area contributed by atoms with E-state index in [1.54, 1.807) is 6.92 Å². The Kier molecular flexibility index (Phi) is 2.96. The summed E-state index contributed by atoms with van der Waals surface area (Å²) in [6.45, 7) is 1.63. The molecule has 2 heterocycles. The van der Waals surface area contributed by atoms with E-state index in [0.29, 0.717) is 22.7 Å². The number of alkyl halides is 3. The molecule has 0 aliphatic carbocycles. The molecule has 92 valence electrons. The number of hydrogen-bond donors (Lipinski definition) is 1. The highest BCUT2D eigenvalue weighted by Crippen LogP contribution is 2.36. The van der Waals surface area contributed by atoms with Crippen molar-refractivity contribution in [2.24, 2.45) is 0 Å². The van der Waals surface area contributed by atoms with Gasteiger partial charge < -0.3 is 9.52 Å². The molecule has 1 unspecified atom stereocenters. The number of nitrogens with zero attached hydrogens (tertiary/aromatic N) is 1. The van der Waals surface area contributed by atoms with Gasteiger partial charge in [0.2, 0.25) is 0 Å². The van der Waals surface area contributed by atoms with Gasteiger partial charge in [0.15, 0.2) is 5.01 Å². The van der Waals surface area contributed by atoms with E-state index in [1.165, 1.54) is 12.3 Å². The van der Waals surface area contributed by atoms with Gasteiger partial charge in [-0.1, -0.05) is 0 Å². The Labute approximate surface area is 98.5 Å². The van der Waals surface area contributed by atoms with Gasteiger partial charge >= 0.3 is 6.18 Å². The number of aliphatic hydroxyl groups is 1. The molecule has 0 aliphatic heterocycles. The fourth-order valence-electron chi connectivity index (χ4n) is 1.38. The molecule has 3 nitrogen and oxygen atoms in total. The van der Waals surface area contributed by atoms with E-state index >= 15 is 0 Å². The summed E-state index contributed by atoms with van der Waals surface area (Å²) in [5, 5.41) is 8.92. The van der Waals surface area contributed by atoms with Crippen molar-refractivity contribution in [3.8, 4) is 0 Å². The van der Waals surface area contributed by atoms with Gasteiger partial charge in [0, 0.05) is 11.8 Å². The van der Waals surface area contributed by atoms with E-state index in [2.05, 4.69) is 4.98 Å². The molecule has 17 heavy (non-hydrogen) atoms. The first-order valence-corrected chi connectivity index (χ1v) is 5.46. The number of halogens is 3. The molecular weight excluding hydrogens is 255 g/mol. The van der Waals surface area contributed by atoms with E-state index < -0.39 is 17.3 Å². The van der Waals surface area contributed by atoms with Crippen molar-refractivity contribution in [3.05, 3.63) is 39.7 Å². The van der Waals surface area contributed by atoms with Crippen LogP contribution in [0.25, 0.3) is 0 Å². The second kappa shape index (κ2) is 4.15. The average Bonchev–Trinajstić information content (AvgIpc) is 2.83. The number of aliphatic hydroxyl groups excluding tert-OH is 1. The Balaban J connectivity index is 2.30. The Morgan fingerprint density at radius 1 is 1.47 bits per heavy atom. The van der Waals surface area contributed by atoms with E-state index in [1.807, 2.05) is 0 Å². The summed E-state index contributed by atoms with van der Waals surface area (Å²) in [4.78, 5) is 3.39. The molecule has 0 spiro atoms. The maximum absolute atomic E-state index is 12.3. The third kappa shape index (κ3) is 2.34. The largest absolute Gasteiger partial charge is 0.469 e. The van der Waals surface area contributed by atoms with Crippen LogP contribution in [-0.4, -0.2) is 10.1 Å². The van der Waals surface area contributed by atoms with Gasteiger partial charge in [-0.15, -0.1) is 11.3 Å². The van der Waals surface area contributed by atoms with E-state index in [-0.39, 0.29) is 4.88 Å². The summed E-state index contributed by atoms with van der Waals surface area (Å²) in [5.74, 6) is 0.472. The molecule has 2 aromatic rings. The minimum Gasteiger partial charge on any atom is -0.469 e. The predicted octanol–water partition coefficient (Wildman–Crippen LogP) is 3.15. The van der Waals surface area contributed by atoms with Crippen LogP contribution in [0, 0.1) is 6.92 Å². The summed E-state index contributed by atoms with van der Waals surface area (Å²) in [7, 11) is 0. The van der Waals surface area contributed by atoms with Gasteiger partial charge in [-0.25, -0.2) is 4.98 Å². The Morgan fingerprint density at radius 2 is 2.18 bits per heavy atom. The third-order valence-electron chi connectivity index (χ3n) is 2.23. The lowest BCUT2D eigenvalue weighted by Gasteiger charge is -2.06. The summed E-state index contributed by atoms with van der Waals surface area (Å²) in [6, 6.07) is 1.52. The van der Waals surface area contributed by atoms with Crippen molar-refractivity contribution in [3.63, 3.8) is 0 Å². The molecule has 7 heteroatoms. The first kappa shape index (κ1) is 12.1. The minimum atomic E-state index is -4.48. The van der Waals surface area contributed by atoms with Gasteiger partial charge in [0.25, 0.3) is 0 Å². The van der Waals surface area contributed by atoms with Gasteiger partial charge in [-0.3, -0.25) is 0 Å². The van der Waals surface area contributed by atoms with Crippen LogP contribution in [0.5, 0.6) is 0 Å². The van der Waals surface area contributed by atoms with Crippen molar-refractivity contribution >= 4 is 11.3 Å². The van der Waals surface area contributed by atoms with E-state index in [4.69, 9.17) is 4.42 Å². The summed E-state index contributed by atoms with van der Waals surface area (Å²) < 4.78 is 42.0. The molecule has 1 N–H and O–H groups in total. The zero-order valence-corrected chi connectivity index (χ0v) is 9.47. The lowest BCUT2D eigenvalue weighted by Crippen LogP contribution is -2.03.